The van der Waals surface area contributed by atoms with Crippen LogP contribution in [0.1, 0.15) is 39.5 Å². The van der Waals surface area contributed by atoms with E-state index in [1.165, 1.54) is 0 Å². The molecule has 0 aliphatic carbocycles. The van der Waals surface area contributed by atoms with E-state index in [9.17, 15) is 4.79 Å². The highest BCUT2D eigenvalue weighted by atomic mass is 16.2. The number of nitrogens with zero attached hydrogens (tertiary/aromatic N) is 2. The van der Waals surface area contributed by atoms with Gasteiger partial charge >= 0.3 is 0 Å². The van der Waals surface area contributed by atoms with E-state index >= 15 is 0 Å². The van der Waals surface area contributed by atoms with Crippen molar-refractivity contribution in [3.63, 3.8) is 0 Å². The van der Waals surface area contributed by atoms with Crippen LogP contribution < -0.4 is 0 Å². The summed E-state index contributed by atoms with van der Waals surface area (Å²) in [5.74, 6) is 0.0595. The molecule has 1 amide bonds. The van der Waals surface area contributed by atoms with Crippen LogP contribution in [-0.2, 0) is 4.79 Å². The fourth-order valence-corrected chi connectivity index (χ4v) is 1.93. The second-order valence-electron chi connectivity index (χ2n) is 3.97. The van der Waals surface area contributed by atoms with Crippen molar-refractivity contribution in [3.05, 3.63) is 0 Å². The van der Waals surface area contributed by atoms with Crippen molar-refractivity contribution < 1.29 is 4.79 Å². The number of carbonyl (C=O) groups excluding carboxylic acids is 1. The second kappa shape index (κ2) is 4.99. The minimum absolute atomic E-state index is 0.0934. The zero-order valence-electron chi connectivity index (χ0n) is 8.99. The predicted octanol–water partition coefficient (Wildman–Crippen LogP) is 1.94. The molecular weight excluding hydrogens is 176 g/mol. The molecule has 0 N–H and O–H groups in total. The van der Waals surface area contributed by atoms with Gasteiger partial charge in [0, 0.05) is 19.0 Å². The maximum atomic E-state index is 11.5. The van der Waals surface area contributed by atoms with E-state index in [-0.39, 0.29) is 17.9 Å². The van der Waals surface area contributed by atoms with Crippen molar-refractivity contribution >= 4 is 5.91 Å². The molecule has 3 nitrogen and oxygen atoms in total. The first-order valence-corrected chi connectivity index (χ1v) is 5.39. The smallest absolute Gasteiger partial charge is 0.224 e. The third-order valence-corrected chi connectivity index (χ3v) is 2.96. The maximum Gasteiger partial charge on any atom is 0.224 e. The third-order valence-electron chi connectivity index (χ3n) is 2.96. The van der Waals surface area contributed by atoms with Gasteiger partial charge in [-0.2, -0.15) is 5.26 Å². The van der Waals surface area contributed by atoms with Crippen LogP contribution in [0.5, 0.6) is 0 Å². The summed E-state index contributed by atoms with van der Waals surface area (Å²) in [5, 5.41) is 8.81. The summed E-state index contributed by atoms with van der Waals surface area (Å²) in [6.07, 6.45) is 3.81. The van der Waals surface area contributed by atoms with Crippen molar-refractivity contribution in [1.29, 1.82) is 5.26 Å². The summed E-state index contributed by atoms with van der Waals surface area (Å²) >= 11 is 0. The van der Waals surface area contributed by atoms with E-state index in [1.54, 1.807) is 0 Å². The summed E-state index contributed by atoms with van der Waals surface area (Å²) in [4.78, 5) is 13.4. The Hall–Kier alpha value is -1.04. The van der Waals surface area contributed by atoms with Gasteiger partial charge in [-0.3, -0.25) is 4.79 Å². The van der Waals surface area contributed by atoms with E-state index in [4.69, 9.17) is 5.26 Å². The molecule has 0 bridgehead atoms. The van der Waals surface area contributed by atoms with Crippen LogP contribution >= 0.6 is 0 Å². The van der Waals surface area contributed by atoms with Gasteiger partial charge in [0.2, 0.25) is 5.91 Å². The third kappa shape index (κ3) is 2.25. The number of hydrogen-bond acceptors (Lipinski definition) is 2. The van der Waals surface area contributed by atoms with Gasteiger partial charge in [0.1, 0.15) is 0 Å². The highest BCUT2D eigenvalue weighted by Gasteiger charge is 2.36. The highest BCUT2D eigenvalue weighted by molar-refractivity contribution is 5.79. The first kappa shape index (κ1) is 11.0. The molecule has 3 heteroatoms. The van der Waals surface area contributed by atoms with Gasteiger partial charge in [0.15, 0.2) is 0 Å². The lowest BCUT2D eigenvalue weighted by Crippen LogP contribution is -2.33. The van der Waals surface area contributed by atoms with Crippen LogP contribution in [-0.4, -0.2) is 23.4 Å². The van der Waals surface area contributed by atoms with Gasteiger partial charge in [-0.25, -0.2) is 0 Å². The first-order chi connectivity index (χ1) is 6.70. The molecule has 0 radical (unpaired) electrons. The zero-order valence-corrected chi connectivity index (χ0v) is 8.99. The van der Waals surface area contributed by atoms with Crippen LogP contribution in [0.4, 0.5) is 0 Å². The summed E-state index contributed by atoms with van der Waals surface area (Å²) in [6.45, 7) is 4.95. The van der Waals surface area contributed by atoms with Crippen LogP contribution in [0.2, 0.25) is 0 Å². The van der Waals surface area contributed by atoms with E-state index in [1.807, 2.05) is 11.8 Å². The van der Waals surface area contributed by atoms with Crippen LogP contribution in [0.25, 0.3) is 0 Å². The van der Waals surface area contributed by atoms with E-state index < -0.39 is 0 Å². The van der Waals surface area contributed by atoms with Gasteiger partial charge in [-0.1, -0.05) is 19.8 Å². The molecule has 0 spiro atoms. The molecule has 1 aliphatic heterocycles. The molecule has 1 aliphatic rings. The molecule has 1 rings (SSSR count). The number of hydrogen-bond donors (Lipinski definition) is 0. The number of likely N-dealkylation sites (tertiary alicyclic amines) is 1. The Morgan fingerprint density at radius 1 is 1.57 bits per heavy atom. The van der Waals surface area contributed by atoms with Crippen LogP contribution in [0.15, 0.2) is 0 Å². The van der Waals surface area contributed by atoms with Crippen LogP contribution in [0.3, 0.4) is 0 Å². The lowest BCUT2D eigenvalue weighted by molar-refractivity contribution is -0.128. The normalized spacial score (nSPS) is 26.6. The SMILES string of the molecule is CCCCCN1C(=O)CC(C#N)C1C. The molecule has 0 aromatic rings. The lowest BCUT2D eigenvalue weighted by atomic mass is 10.0. The summed E-state index contributed by atoms with van der Waals surface area (Å²) in [6, 6.07) is 2.32. The van der Waals surface area contributed by atoms with Crippen molar-refractivity contribution in [2.24, 2.45) is 5.92 Å². The Kier molecular flexibility index (Phi) is 3.94. The standard InChI is InChI=1S/C11H18N2O/c1-3-4-5-6-13-9(2)10(8-12)7-11(13)14/h9-10H,3-7H2,1-2H3. The largest absolute Gasteiger partial charge is 0.339 e. The molecule has 78 valence electrons. The molecular formula is C11H18N2O. The molecule has 2 unspecified atom stereocenters. The average Bonchev–Trinajstić information content (AvgIpc) is 2.45. The lowest BCUT2D eigenvalue weighted by Gasteiger charge is -2.22. The molecule has 0 saturated carbocycles. The van der Waals surface area contributed by atoms with Gasteiger partial charge < -0.3 is 4.90 Å². The zero-order chi connectivity index (χ0) is 10.6. The van der Waals surface area contributed by atoms with Crippen molar-refractivity contribution in [2.45, 2.75) is 45.6 Å². The summed E-state index contributed by atoms with van der Waals surface area (Å²) < 4.78 is 0. The Balaban J connectivity index is 2.45. The molecule has 0 aromatic heterocycles. The highest BCUT2D eigenvalue weighted by Crippen LogP contribution is 2.24. The number of nitriles is 1. The fraction of sp³-hybridized carbons (Fsp3) is 0.818. The summed E-state index contributed by atoms with van der Waals surface area (Å²) in [5.41, 5.74) is 0. The van der Waals surface area contributed by atoms with E-state index in [2.05, 4.69) is 13.0 Å². The Morgan fingerprint density at radius 3 is 2.79 bits per heavy atom. The fourth-order valence-electron chi connectivity index (χ4n) is 1.93. The minimum Gasteiger partial charge on any atom is -0.339 e. The average molecular weight is 194 g/mol. The van der Waals surface area contributed by atoms with Gasteiger partial charge in [-0.05, 0) is 13.3 Å². The maximum absolute atomic E-state index is 11.5. The molecule has 0 aromatic carbocycles. The first-order valence-electron chi connectivity index (χ1n) is 5.39. The molecule has 2 atom stereocenters. The van der Waals surface area contributed by atoms with Gasteiger partial charge in [0.05, 0.1) is 12.0 Å². The molecule has 1 heterocycles. The number of unbranched alkanes of at least 4 members (excludes halogenated alkanes) is 2. The monoisotopic (exact) mass is 194 g/mol. The van der Waals surface area contributed by atoms with Gasteiger partial charge in [-0.15, -0.1) is 0 Å². The quantitative estimate of drug-likeness (QED) is 0.642. The molecule has 1 fully saturated rings. The predicted molar refractivity (Wildman–Crippen MR) is 54.4 cm³/mol. The summed E-state index contributed by atoms with van der Waals surface area (Å²) in [7, 11) is 0. The topological polar surface area (TPSA) is 44.1 Å². The Bertz CT molecular complexity index is 244. The minimum atomic E-state index is -0.0934. The number of amides is 1. The Morgan fingerprint density at radius 2 is 2.29 bits per heavy atom. The second-order valence-corrected chi connectivity index (χ2v) is 3.97. The van der Waals surface area contributed by atoms with E-state index in [0.717, 1.165) is 25.8 Å². The van der Waals surface area contributed by atoms with Crippen molar-refractivity contribution in [3.8, 4) is 6.07 Å². The van der Waals surface area contributed by atoms with E-state index in [0.29, 0.717) is 6.42 Å². The number of carbonyl (C=O) groups is 1. The molecule has 1 saturated heterocycles. The number of rotatable bonds is 4. The van der Waals surface area contributed by atoms with Crippen LogP contribution in [0, 0.1) is 17.2 Å². The molecule has 14 heavy (non-hydrogen) atoms. The van der Waals surface area contributed by atoms with Gasteiger partial charge in [0.25, 0.3) is 0 Å². The Labute approximate surface area is 85.7 Å². The van der Waals surface area contributed by atoms with Crippen molar-refractivity contribution in [2.75, 3.05) is 6.54 Å². The van der Waals surface area contributed by atoms with Crippen molar-refractivity contribution in [1.82, 2.24) is 4.90 Å².